The summed E-state index contributed by atoms with van der Waals surface area (Å²) in [7, 11) is 3.32. The summed E-state index contributed by atoms with van der Waals surface area (Å²) < 4.78 is 36.6. The van der Waals surface area contributed by atoms with Gasteiger partial charge in [0.25, 0.3) is 0 Å². The molecule has 1 N–H and O–H groups in total. The summed E-state index contributed by atoms with van der Waals surface area (Å²) in [6.45, 7) is 10.5. The summed E-state index contributed by atoms with van der Waals surface area (Å²) in [6, 6.07) is 0. The zero-order chi connectivity index (χ0) is 31.7. The lowest BCUT2D eigenvalue weighted by atomic mass is 9.67. The molecule has 3 fully saturated rings. The van der Waals surface area contributed by atoms with Crippen LogP contribution in [0.2, 0.25) is 0 Å². The maximum Gasteiger partial charge on any atom is 0.306 e. The van der Waals surface area contributed by atoms with Crippen LogP contribution in [0.25, 0.3) is 0 Å². The van der Waals surface area contributed by atoms with Gasteiger partial charge in [-0.1, -0.05) is 31.6 Å². The van der Waals surface area contributed by atoms with Crippen molar-refractivity contribution < 1.29 is 43.1 Å². The largest absolute Gasteiger partial charge is 0.462 e. The maximum absolute atomic E-state index is 13.9. The Labute approximate surface area is 263 Å². The average molecular weight is 619 g/mol. The smallest absolute Gasteiger partial charge is 0.306 e. The number of aliphatic hydroxyl groups excluding tert-OH is 1. The minimum Gasteiger partial charge on any atom is -0.462 e. The predicted octanol–water partition coefficient (Wildman–Crippen LogP) is 4.79. The number of hydrogen-bond donors (Lipinski definition) is 1. The monoisotopic (exact) mass is 618 g/mol. The molecular weight excluding hydrogens is 564 g/mol. The van der Waals surface area contributed by atoms with E-state index in [9.17, 15) is 14.7 Å². The molecule has 248 valence electrons. The minimum absolute atomic E-state index is 0.0343. The number of hydrogen-bond acceptors (Lipinski definition) is 9. The molecular formula is C35H54O9. The van der Waals surface area contributed by atoms with Crippen molar-refractivity contribution in [3.05, 3.63) is 23.3 Å². The van der Waals surface area contributed by atoms with Crippen LogP contribution in [-0.2, 0) is 38.0 Å². The fraction of sp³-hybridized carbons (Fsp3) is 0.829. The molecule has 0 aromatic rings. The van der Waals surface area contributed by atoms with Crippen LogP contribution in [0.4, 0.5) is 0 Å². The van der Waals surface area contributed by atoms with Crippen LogP contribution in [0, 0.1) is 35.5 Å². The third kappa shape index (κ3) is 6.60. The summed E-state index contributed by atoms with van der Waals surface area (Å²) in [4.78, 5) is 27.1. The van der Waals surface area contributed by atoms with Crippen LogP contribution in [0.3, 0.4) is 0 Å². The van der Waals surface area contributed by atoms with Gasteiger partial charge in [-0.15, -0.1) is 0 Å². The number of aliphatic hydroxyl groups is 1. The number of allylic oxidation sites excluding steroid dienone is 4. The Morgan fingerprint density at radius 3 is 2.39 bits per heavy atom. The Morgan fingerprint density at radius 2 is 1.70 bits per heavy atom. The van der Waals surface area contributed by atoms with Gasteiger partial charge in [0.2, 0.25) is 0 Å². The van der Waals surface area contributed by atoms with Gasteiger partial charge in [0, 0.05) is 32.7 Å². The Morgan fingerprint density at radius 1 is 0.955 bits per heavy atom. The summed E-state index contributed by atoms with van der Waals surface area (Å²) >= 11 is 0. The zero-order valence-corrected chi connectivity index (χ0v) is 27.6. The SMILES string of the molecule is CCO[C@@H]1[C@@H](OC)[C@H](C)O[C@@H](O[C@H]2C[C@H]3[C@@H]4C=C5C(=O)C(C)C(O)CCC[C@H](CC)OC(=O)C[C@H]5[C@@H]4C=C(C)[C@@H]3C2)[C@@H]1OC. The summed E-state index contributed by atoms with van der Waals surface area (Å²) in [5, 5.41) is 10.9. The number of rotatable bonds is 7. The number of carbonyl (C=O) groups is 2. The number of fused-ring (bicyclic) bond motifs is 5. The van der Waals surface area contributed by atoms with E-state index in [1.165, 1.54) is 5.57 Å². The minimum atomic E-state index is -0.710. The lowest BCUT2D eigenvalue weighted by Crippen LogP contribution is -2.60. The van der Waals surface area contributed by atoms with E-state index in [-0.39, 0.29) is 72.4 Å². The van der Waals surface area contributed by atoms with E-state index in [4.69, 9.17) is 28.4 Å². The van der Waals surface area contributed by atoms with E-state index in [2.05, 4.69) is 19.1 Å². The molecule has 3 aliphatic carbocycles. The molecule has 0 spiro atoms. The van der Waals surface area contributed by atoms with Gasteiger partial charge in [0.1, 0.15) is 24.4 Å². The second-order valence-corrected chi connectivity index (χ2v) is 13.7. The van der Waals surface area contributed by atoms with Crippen molar-refractivity contribution in [2.75, 3.05) is 20.8 Å². The van der Waals surface area contributed by atoms with E-state index >= 15 is 0 Å². The number of methoxy groups -OCH3 is 2. The average Bonchev–Trinajstić information content (AvgIpc) is 3.57. The van der Waals surface area contributed by atoms with E-state index in [0.29, 0.717) is 30.9 Å². The van der Waals surface area contributed by atoms with Crippen molar-refractivity contribution in [1.82, 2.24) is 0 Å². The first-order valence-corrected chi connectivity index (χ1v) is 16.9. The molecule has 2 aliphatic heterocycles. The lowest BCUT2D eigenvalue weighted by Gasteiger charge is -2.44. The van der Waals surface area contributed by atoms with Crippen molar-refractivity contribution in [1.29, 1.82) is 0 Å². The molecule has 0 amide bonds. The number of ketones is 1. The molecule has 1 saturated carbocycles. The van der Waals surface area contributed by atoms with Gasteiger partial charge in [-0.2, -0.15) is 0 Å². The van der Waals surface area contributed by atoms with Gasteiger partial charge in [-0.05, 0) is 88.5 Å². The third-order valence-electron chi connectivity index (χ3n) is 11.2. The molecule has 0 radical (unpaired) electrons. The number of Topliss-reactive ketones (excluding diaryl/α,β-unsaturated/α-hetero) is 1. The molecule has 14 atom stereocenters. The van der Waals surface area contributed by atoms with Crippen molar-refractivity contribution in [3.63, 3.8) is 0 Å². The standard InChI is InChI=1S/C35H54O9/c1-8-21-11-10-12-29(36)19(4)31(38)28-16-26-24(27(28)17-30(37)43-21)13-18(3)23-14-22(15-25(23)26)44-35-34(40-7)33(41-9-2)32(39-6)20(5)42-35/h13,16,19-27,29,32-36H,8-12,14-15,17H2,1-7H3/t19?,20-,21-,22+,23-,24+,25+,26+,27-,29?,32-,33+,34+,35-/m0/s1. The van der Waals surface area contributed by atoms with Crippen LogP contribution < -0.4 is 0 Å². The molecule has 2 saturated heterocycles. The highest BCUT2D eigenvalue weighted by atomic mass is 16.7. The van der Waals surface area contributed by atoms with E-state index in [1.807, 2.05) is 27.7 Å². The van der Waals surface area contributed by atoms with Crippen LogP contribution in [-0.4, -0.2) is 86.7 Å². The van der Waals surface area contributed by atoms with E-state index in [1.54, 1.807) is 14.2 Å². The third-order valence-corrected chi connectivity index (χ3v) is 11.2. The Bertz CT molecular complexity index is 1090. The predicted molar refractivity (Wildman–Crippen MR) is 164 cm³/mol. The van der Waals surface area contributed by atoms with Crippen molar-refractivity contribution >= 4 is 11.8 Å². The topological polar surface area (TPSA) is 110 Å². The van der Waals surface area contributed by atoms with Gasteiger partial charge in [0.05, 0.1) is 24.7 Å². The fourth-order valence-corrected chi connectivity index (χ4v) is 8.80. The second-order valence-electron chi connectivity index (χ2n) is 13.7. The normalized spacial score (nSPS) is 44.8. The molecule has 9 nitrogen and oxygen atoms in total. The molecule has 9 heteroatoms. The summed E-state index contributed by atoms with van der Waals surface area (Å²) in [5.74, 6) is -0.289. The molecule has 5 aliphatic rings. The number of carbonyl (C=O) groups excluding carboxylic acids is 2. The quantitative estimate of drug-likeness (QED) is 0.318. The molecule has 2 unspecified atom stereocenters. The Balaban J connectivity index is 1.37. The number of ether oxygens (including phenoxy) is 6. The van der Waals surface area contributed by atoms with Gasteiger partial charge in [-0.3, -0.25) is 9.59 Å². The summed E-state index contributed by atoms with van der Waals surface area (Å²) in [6.07, 6.45) is 6.23. The molecule has 2 heterocycles. The fourth-order valence-electron chi connectivity index (χ4n) is 8.80. The first-order chi connectivity index (χ1) is 21.1. The highest BCUT2D eigenvalue weighted by Gasteiger charge is 2.53. The zero-order valence-electron chi connectivity index (χ0n) is 27.6. The van der Waals surface area contributed by atoms with Crippen LogP contribution >= 0.6 is 0 Å². The number of cyclic esters (lactones) is 1. The van der Waals surface area contributed by atoms with Crippen molar-refractivity contribution in [2.24, 2.45) is 35.5 Å². The van der Waals surface area contributed by atoms with Crippen LogP contribution in [0.1, 0.15) is 79.6 Å². The molecule has 5 rings (SSSR count). The first-order valence-electron chi connectivity index (χ1n) is 16.9. The highest BCUT2D eigenvalue weighted by Crippen LogP contribution is 2.56. The molecule has 0 aromatic carbocycles. The van der Waals surface area contributed by atoms with Crippen LogP contribution in [0.5, 0.6) is 0 Å². The maximum atomic E-state index is 13.9. The molecule has 0 aromatic heterocycles. The Kier molecular flexibility index (Phi) is 11.1. The molecule has 0 bridgehead atoms. The van der Waals surface area contributed by atoms with Crippen molar-refractivity contribution in [2.45, 2.75) is 129 Å². The lowest BCUT2D eigenvalue weighted by molar-refractivity contribution is -0.317. The van der Waals surface area contributed by atoms with E-state index in [0.717, 1.165) is 25.7 Å². The van der Waals surface area contributed by atoms with Gasteiger partial charge >= 0.3 is 5.97 Å². The first kappa shape index (κ1) is 33.7. The number of esters is 1. The Hall–Kier alpha value is -1.62. The molecule has 44 heavy (non-hydrogen) atoms. The van der Waals surface area contributed by atoms with Crippen LogP contribution in [0.15, 0.2) is 23.3 Å². The second kappa shape index (κ2) is 14.4. The van der Waals surface area contributed by atoms with Gasteiger partial charge in [-0.25, -0.2) is 0 Å². The van der Waals surface area contributed by atoms with Crippen molar-refractivity contribution in [3.8, 4) is 0 Å². The van der Waals surface area contributed by atoms with Gasteiger partial charge < -0.3 is 33.5 Å². The van der Waals surface area contributed by atoms with E-state index < -0.39 is 24.4 Å². The van der Waals surface area contributed by atoms with Gasteiger partial charge in [0.15, 0.2) is 12.1 Å². The highest BCUT2D eigenvalue weighted by molar-refractivity contribution is 5.99. The summed E-state index contributed by atoms with van der Waals surface area (Å²) in [5.41, 5.74) is 1.98.